The van der Waals surface area contributed by atoms with Crippen LogP contribution in [0.3, 0.4) is 0 Å². The second-order valence-electron chi connectivity index (χ2n) is 14.4. The molecule has 0 fully saturated rings. The molecule has 0 saturated heterocycles. The van der Waals surface area contributed by atoms with E-state index in [0.717, 1.165) is 61.0 Å². The molecule has 6 heteroatoms. The van der Waals surface area contributed by atoms with Gasteiger partial charge in [-0.3, -0.25) is 0 Å². The normalized spacial score (nSPS) is 11.4. The van der Waals surface area contributed by atoms with Gasteiger partial charge < -0.3 is 9.13 Å². The van der Waals surface area contributed by atoms with Crippen LogP contribution in [0.4, 0.5) is 0 Å². The fourth-order valence-corrected chi connectivity index (χ4v) is 8.32. The van der Waals surface area contributed by atoms with Crippen LogP contribution in [-0.2, 0) is 0 Å². The Hall–Kier alpha value is -8.14. The van der Waals surface area contributed by atoms with Crippen molar-refractivity contribution in [2.24, 2.45) is 0 Å². The lowest BCUT2D eigenvalue weighted by molar-refractivity contribution is 1.07. The Morgan fingerprint density at radius 3 is 1.38 bits per heavy atom. The second kappa shape index (κ2) is 13.6. The number of hydrogen-bond acceptors (Lipinski definition) is 4. The van der Waals surface area contributed by atoms with Gasteiger partial charge in [-0.05, 0) is 77.9 Å². The van der Waals surface area contributed by atoms with Gasteiger partial charge in [-0.2, -0.15) is 5.26 Å². The van der Waals surface area contributed by atoms with Gasteiger partial charge in [0.2, 0.25) is 0 Å². The molecule has 0 aliphatic heterocycles. The van der Waals surface area contributed by atoms with Gasteiger partial charge in [-0.25, -0.2) is 15.0 Å². The van der Waals surface area contributed by atoms with Crippen molar-refractivity contribution in [1.82, 2.24) is 24.1 Å². The fourth-order valence-electron chi connectivity index (χ4n) is 8.32. The highest BCUT2D eigenvalue weighted by Gasteiger charge is 2.19. The maximum absolute atomic E-state index is 9.89. The van der Waals surface area contributed by atoms with E-state index in [9.17, 15) is 5.26 Å². The van der Waals surface area contributed by atoms with Crippen LogP contribution in [-0.4, -0.2) is 24.1 Å². The van der Waals surface area contributed by atoms with Crippen molar-refractivity contribution in [2.75, 3.05) is 0 Å². The van der Waals surface area contributed by atoms with E-state index >= 15 is 0 Å². The fraction of sp³-hybridized carbons (Fsp3) is 0. The molecule has 8 aromatic carbocycles. The predicted molar refractivity (Wildman–Crippen MR) is 235 cm³/mol. The van der Waals surface area contributed by atoms with Crippen LogP contribution in [0.15, 0.2) is 194 Å². The quantitative estimate of drug-likeness (QED) is 0.170. The summed E-state index contributed by atoms with van der Waals surface area (Å²) in [6, 6.07) is 69.2. The third-order valence-corrected chi connectivity index (χ3v) is 11.0. The number of fused-ring (bicyclic) bond motifs is 6. The molecular weight excluding hydrogens is 709 g/mol. The zero-order valence-corrected chi connectivity index (χ0v) is 31.2. The molecule has 0 aliphatic rings. The summed E-state index contributed by atoms with van der Waals surface area (Å²) in [6.45, 7) is 0. The lowest BCUT2D eigenvalue weighted by atomic mass is 9.99. The topological polar surface area (TPSA) is 72.3 Å². The average molecular weight is 741 g/mol. The molecule has 0 unspecified atom stereocenters. The first-order valence-electron chi connectivity index (χ1n) is 19.3. The Bertz CT molecular complexity index is 3300. The van der Waals surface area contributed by atoms with E-state index < -0.39 is 0 Å². The number of rotatable bonds is 6. The van der Waals surface area contributed by atoms with Crippen LogP contribution < -0.4 is 0 Å². The highest BCUT2D eigenvalue weighted by Crippen LogP contribution is 2.39. The highest BCUT2D eigenvalue weighted by molar-refractivity contribution is 6.12. The largest absolute Gasteiger partial charge is 0.309 e. The first-order chi connectivity index (χ1) is 28.7. The summed E-state index contributed by atoms with van der Waals surface area (Å²) in [5, 5.41) is 14.6. The minimum absolute atomic E-state index is 0.557. The SMILES string of the molecule is N#Cc1cccc(-c2cc(-c3nc(-c4ccccc4)nc(-c4ccccc4)n3)cc(-n3c4ccccc4c4cc(-n5c6ccccc6c6ccccc65)ccc43)c2)c1. The zero-order valence-electron chi connectivity index (χ0n) is 31.2. The van der Waals surface area contributed by atoms with E-state index in [1.165, 1.54) is 21.8 Å². The van der Waals surface area contributed by atoms with Gasteiger partial charge in [-0.1, -0.05) is 127 Å². The molecule has 0 N–H and O–H groups in total. The molecule has 11 rings (SSSR count). The third kappa shape index (κ3) is 5.53. The number of nitrogens with zero attached hydrogens (tertiary/aromatic N) is 6. The molecular formula is C52H32N6. The standard InChI is InChI=1S/C52H32N6/c53-33-34-14-13-19-37(28-34)38-29-39(52-55-50(35-15-3-1-4-16-35)54-51(56-52)36-17-5-2-6-18-36)31-41(30-38)58-48-25-12-9-22-44(48)45-32-40(26-27-49(45)58)57-46-23-10-7-20-42(46)43-21-8-11-24-47(43)57/h1-32H. The van der Waals surface area contributed by atoms with Crippen molar-refractivity contribution in [2.45, 2.75) is 0 Å². The van der Waals surface area contributed by atoms with Gasteiger partial charge in [0, 0.05) is 49.6 Å². The van der Waals surface area contributed by atoms with Crippen molar-refractivity contribution in [3.63, 3.8) is 0 Å². The third-order valence-electron chi connectivity index (χ3n) is 11.0. The molecule has 270 valence electrons. The van der Waals surface area contributed by atoms with Crippen LogP contribution in [0.25, 0.3) is 100 Å². The number of hydrogen-bond donors (Lipinski definition) is 0. The Balaban J connectivity index is 1.17. The summed E-state index contributed by atoms with van der Waals surface area (Å²) in [6.07, 6.45) is 0. The first-order valence-corrected chi connectivity index (χ1v) is 19.3. The maximum atomic E-state index is 9.89. The van der Waals surface area contributed by atoms with Crippen molar-refractivity contribution in [3.8, 4) is 62.7 Å². The van der Waals surface area contributed by atoms with E-state index in [1.807, 2.05) is 84.9 Å². The molecule has 6 nitrogen and oxygen atoms in total. The van der Waals surface area contributed by atoms with Gasteiger partial charge in [0.15, 0.2) is 17.5 Å². The van der Waals surface area contributed by atoms with Crippen molar-refractivity contribution >= 4 is 43.6 Å². The first kappa shape index (κ1) is 33.2. The summed E-state index contributed by atoms with van der Waals surface area (Å²) in [4.78, 5) is 15.2. The smallest absolute Gasteiger partial charge is 0.164 e. The van der Waals surface area contributed by atoms with E-state index in [-0.39, 0.29) is 0 Å². The van der Waals surface area contributed by atoms with Crippen molar-refractivity contribution < 1.29 is 0 Å². The van der Waals surface area contributed by atoms with Gasteiger partial charge in [0.05, 0.1) is 33.7 Å². The van der Waals surface area contributed by atoms with Crippen LogP contribution in [0.1, 0.15) is 5.56 Å². The summed E-state index contributed by atoms with van der Waals surface area (Å²) in [7, 11) is 0. The van der Waals surface area contributed by atoms with E-state index in [2.05, 4.69) is 124 Å². The van der Waals surface area contributed by atoms with Crippen LogP contribution in [0.2, 0.25) is 0 Å². The minimum Gasteiger partial charge on any atom is -0.309 e. The Kier molecular flexibility index (Phi) is 7.76. The van der Waals surface area contributed by atoms with Crippen LogP contribution in [0, 0.1) is 11.3 Å². The van der Waals surface area contributed by atoms with Crippen molar-refractivity contribution in [3.05, 3.63) is 200 Å². The molecule has 3 heterocycles. The molecule has 0 saturated carbocycles. The second-order valence-corrected chi connectivity index (χ2v) is 14.4. The number of aromatic nitrogens is 5. The van der Waals surface area contributed by atoms with Crippen molar-refractivity contribution in [1.29, 1.82) is 5.26 Å². The van der Waals surface area contributed by atoms with E-state index in [1.54, 1.807) is 0 Å². The summed E-state index contributed by atoms with van der Waals surface area (Å²) in [5.74, 6) is 1.75. The highest BCUT2D eigenvalue weighted by atomic mass is 15.0. The molecule has 0 amide bonds. The molecule has 3 aromatic heterocycles. The molecule has 0 aliphatic carbocycles. The summed E-state index contributed by atoms with van der Waals surface area (Å²) >= 11 is 0. The Labute approximate surface area is 334 Å². The van der Waals surface area contributed by atoms with Gasteiger partial charge in [0.25, 0.3) is 0 Å². The number of nitriles is 1. The van der Waals surface area contributed by atoms with Crippen LogP contribution in [0.5, 0.6) is 0 Å². The van der Waals surface area contributed by atoms with E-state index in [0.29, 0.717) is 23.0 Å². The zero-order chi connectivity index (χ0) is 38.6. The monoisotopic (exact) mass is 740 g/mol. The lowest BCUT2D eigenvalue weighted by Crippen LogP contribution is -2.02. The summed E-state index contributed by atoms with van der Waals surface area (Å²) < 4.78 is 4.70. The van der Waals surface area contributed by atoms with Gasteiger partial charge in [0.1, 0.15) is 0 Å². The maximum Gasteiger partial charge on any atom is 0.164 e. The van der Waals surface area contributed by atoms with E-state index in [4.69, 9.17) is 15.0 Å². The molecule has 0 atom stereocenters. The summed E-state index contributed by atoms with van der Waals surface area (Å²) in [5.41, 5.74) is 11.7. The van der Waals surface area contributed by atoms with Gasteiger partial charge >= 0.3 is 0 Å². The molecule has 0 spiro atoms. The Morgan fingerprint density at radius 1 is 0.328 bits per heavy atom. The number of benzene rings is 8. The number of para-hydroxylation sites is 3. The van der Waals surface area contributed by atoms with Crippen LogP contribution >= 0.6 is 0 Å². The Morgan fingerprint density at radius 2 is 0.793 bits per heavy atom. The minimum atomic E-state index is 0.557. The molecule has 11 aromatic rings. The molecule has 58 heavy (non-hydrogen) atoms. The van der Waals surface area contributed by atoms with Gasteiger partial charge in [-0.15, -0.1) is 0 Å². The lowest BCUT2D eigenvalue weighted by Gasteiger charge is -2.15. The molecule has 0 radical (unpaired) electrons. The molecule has 0 bridgehead atoms. The predicted octanol–water partition coefficient (Wildman–Crippen LogP) is 12.6. The average Bonchev–Trinajstić information content (AvgIpc) is 3.82.